The fourth-order valence-corrected chi connectivity index (χ4v) is 8.92. The molecule has 0 spiro atoms. The average molecular weight is 751 g/mol. The average Bonchev–Trinajstić information content (AvgIpc) is 4.09. The molecule has 0 bridgehead atoms. The summed E-state index contributed by atoms with van der Waals surface area (Å²) in [5.41, 5.74) is 11.3. The van der Waals surface area contributed by atoms with Crippen LogP contribution in [-0.2, 0) is 0 Å². The minimum atomic E-state index is 0.603. The zero-order valence-corrected chi connectivity index (χ0v) is 30.8. The van der Waals surface area contributed by atoms with E-state index in [1.807, 2.05) is 66.7 Å². The molecule has 6 heterocycles. The lowest BCUT2D eigenvalue weighted by Crippen LogP contribution is -2.23. The van der Waals surface area contributed by atoms with Crippen LogP contribution in [-0.4, -0.2) is 25.6 Å². The van der Waals surface area contributed by atoms with Gasteiger partial charge >= 0.3 is 0 Å². The highest BCUT2D eigenvalue weighted by Crippen LogP contribution is 2.49. The molecule has 274 valence electrons. The highest BCUT2D eigenvalue weighted by molar-refractivity contribution is 6.26. The van der Waals surface area contributed by atoms with Crippen molar-refractivity contribution in [3.8, 4) is 17.3 Å². The summed E-state index contributed by atoms with van der Waals surface area (Å²) in [7, 11) is 0. The van der Waals surface area contributed by atoms with Gasteiger partial charge < -0.3 is 23.4 Å². The van der Waals surface area contributed by atoms with E-state index in [4.69, 9.17) is 23.5 Å². The molecule has 0 saturated heterocycles. The number of fused-ring (bicyclic) bond motifs is 13. The van der Waals surface area contributed by atoms with Crippen LogP contribution in [0, 0.1) is 0 Å². The summed E-state index contributed by atoms with van der Waals surface area (Å²) in [4.78, 5) is 14.5. The molecular weight excluding hydrogens is 721 g/mol. The van der Waals surface area contributed by atoms with E-state index in [0.29, 0.717) is 23.8 Å². The molecule has 0 radical (unpaired) electrons. The van der Waals surface area contributed by atoms with E-state index in [-0.39, 0.29) is 0 Å². The maximum absolute atomic E-state index is 7.04. The van der Waals surface area contributed by atoms with Crippen LogP contribution >= 0.6 is 0 Å². The van der Waals surface area contributed by atoms with Gasteiger partial charge in [0.25, 0.3) is 0 Å². The van der Waals surface area contributed by atoms with E-state index in [9.17, 15) is 0 Å². The Labute approximate surface area is 329 Å². The number of pyridine rings is 1. The van der Waals surface area contributed by atoms with Crippen LogP contribution < -0.4 is 14.5 Å². The standard InChI is InChI=1S/C49H30N6O3/c1-2-12-30(13-3-1)52-29-53(38-18-8-7-17-37(38)52)31-26-34-47-43(24-23-42-46(47)33-14-4-9-19-41(33)57-42)58-48(34)44(27-31)56-32-21-22-39-40(28-32)55(45-20-10-11-25-50-45)49-51-35-15-5-6-16-36(35)54(39)49/h1-28H,29H2. The van der Waals surface area contributed by atoms with Crippen LogP contribution in [0.5, 0.6) is 11.5 Å². The van der Waals surface area contributed by atoms with Crippen LogP contribution in [0.15, 0.2) is 179 Å². The van der Waals surface area contributed by atoms with Crippen molar-refractivity contribution in [1.82, 2.24) is 18.9 Å². The summed E-state index contributed by atoms with van der Waals surface area (Å²) in [5.74, 6) is 2.80. The van der Waals surface area contributed by atoms with Gasteiger partial charge in [-0.2, -0.15) is 0 Å². The summed E-state index contributed by atoms with van der Waals surface area (Å²) in [6.07, 6.45) is 1.81. The van der Waals surface area contributed by atoms with Crippen LogP contribution in [0.25, 0.3) is 77.5 Å². The van der Waals surface area contributed by atoms with E-state index in [0.717, 1.165) is 94.7 Å². The monoisotopic (exact) mass is 750 g/mol. The predicted molar refractivity (Wildman–Crippen MR) is 230 cm³/mol. The van der Waals surface area contributed by atoms with Gasteiger partial charge in [0.15, 0.2) is 11.3 Å². The Balaban J connectivity index is 1.05. The van der Waals surface area contributed by atoms with Gasteiger partial charge in [0, 0.05) is 51.2 Å². The van der Waals surface area contributed by atoms with Crippen molar-refractivity contribution in [2.75, 3.05) is 16.5 Å². The fourth-order valence-electron chi connectivity index (χ4n) is 8.92. The summed E-state index contributed by atoms with van der Waals surface area (Å²) in [5, 5.41) is 3.99. The zero-order chi connectivity index (χ0) is 37.9. The molecule has 0 N–H and O–H groups in total. The molecule has 1 aliphatic heterocycles. The zero-order valence-electron chi connectivity index (χ0n) is 30.8. The van der Waals surface area contributed by atoms with Crippen molar-refractivity contribution in [2.45, 2.75) is 0 Å². The molecule has 0 unspecified atom stereocenters. The molecule has 9 nitrogen and oxygen atoms in total. The number of ether oxygens (including phenoxy) is 1. The number of para-hydroxylation sites is 6. The van der Waals surface area contributed by atoms with Gasteiger partial charge in [-0.3, -0.25) is 8.97 Å². The van der Waals surface area contributed by atoms with Gasteiger partial charge in [0.05, 0.1) is 33.4 Å². The Kier molecular flexibility index (Phi) is 6.31. The summed E-state index contributed by atoms with van der Waals surface area (Å²) >= 11 is 0. The number of furan rings is 2. The van der Waals surface area contributed by atoms with Crippen molar-refractivity contribution in [3.05, 3.63) is 170 Å². The van der Waals surface area contributed by atoms with Gasteiger partial charge in [0.2, 0.25) is 5.78 Å². The second-order valence-corrected chi connectivity index (χ2v) is 14.7. The van der Waals surface area contributed by atoms with Gasteiger partial charge in [-0.1, -0.05) is 66.7 Å². The summed E-state index contributed by atoms with van der Waals surface area (Å²) < 4.78 is 24.5. The van der Waals surface area contributed by atoms with Gasteiger partial charge in [-0.25, -0.2) is 9.97 Å². The largest absolute Gasteiger partial charge is 0.456 e. The second kappa shape index (κ2) is 11.7. The molecule has 0 amide bonds. The van der Waals surface area contributed by atoms with E-state index in [2.05, 4.69) is 116 Å². The summed E-state index contributed by atoms with van der Waals surface area (Å²) in [6.45, 7) is 0.617. The summed E-state index contributed by atoms with van der Waals surface area (Å²) in [6, 6.07) is 55.9. The molecule has 12 aromatic rings. The smallest absolute Gasteiger partial charge is 0.221 e. The number of anilines is 4. The highest BCUT2D eigenvalue weighted by Gasteiger charge is 2.30. The first-order valence-electron chi connectivity index (χ1n) is 19.3. The van der Waals surface area contributed by atoms with Crippen molar-refractivity contribution < 1.29 is 13.6 Å². The molecule has 13 rings (SSSR count). The Hall–Kier alpha value is -8.04. The topological polar surface area (TPSA) is 77.1 Å². The third kappa shape index (κ3) is 4.40. The third-order valence-corrected chi connectivity index (χ3v) is 11.4. The maximum atomic E-state index is 7.04. The number of hydrogen-bond donors (Lipinski definition) is 0. The number of imidazole rings is 2. The molecule has 0 fully saturated rings. The quantitative estimate of drug-likeness (QED) is 0.173. The molecule has 5 aromatic heterocycles. The molecule has 1 aliphatic rings. The molecule has 0 saturated carbocycles. The van der Waals surface area contributed by atoms with Gasteiger partial charge in [-0.15, -0.1) is 0 Å². The molecule has 58 heavy (non-hydrogen) atoms. The number of rotatable bonds is 5. The first kappa shape index (κ1) is 31.2. The maximum Gasteiger partial charge on any atom is 0.221 e. The van der Waals surface area contributed by atoms with Crippen LogP contribution in [0.4, 0.5) is 22.7 Å². The molecular formula is C49H30N6O3. The molecule has 0 atom stereocenters. The van der Waals surface area contributed by atoms with Gasteiger partial charge in [-0.05, 0) is 84.9 Å². The predicted octanol–water partition coefficient (Wildman–Crippen LogP) is 12.7. The van der Waals surface area contributed by atoms with Crippen molar-refractivity contribution >= 4 is 94.5 Å². The number of hydrogen-bond acceptors (Lipinski definition) is 7. The highest BCUT2D eigenvalue weighted by atomic mass is 16.5. The van der Waals surface area contributed by atoms with Crippen LogP contribution in [0.3, 0.4) is 0 Å². The lowest BCUT2D eigenvalue weighted by atomic mass is 10.0. The normalized spacial score (nSPS) is 13.0. The number of nitrogens with zero attached hydrogens (tertiary/aromatic N) is 6. The Morgan fingerprint density at radius 2 is 1.28 bits per heavy atom. The molecule has 9 heteroatoms. The molecule has 7 aromatic carbocycles. The Bertz CT molecular complexity index is 3600. The lowest BCUT2D eigenvalue weighted by molar-refractivity contribution is 0.477. The van der Waals surface area contributed by atoms with Crippen molar-refractivity contribution in [3.63, 3.8) is 0 Å². The second-order valence-electron chi connectivity index (χ2n) is 14.7. The number of aromatic nitrogens is 4. The first-order chi connectivity index (χ1) is 28.7. The SMILES string of the molecule is c1ccc(N2CN(c3cc(Oc4ccc5c(c4)n(-c4ccccn4)c4nc6ccccc6n54)c4oc5ccc6oc7ccccc7c6c5c4c3)c3ccccc32)cc1. The minimum absolute atomic E-state index is 0.603. The van der Waals surface area contributed by atoms with E-state index in [1.54, 1.807) is 6.20 Å². The molecule has 0 aliphatic carbocycles. The van der Waals surface area contributed by atoms with E-state index in [1.165, 1.54) is 0 Å². The van der Waals surface area contributed by atoms with Gasteiger partial charge in [0.1, 0.15) is 35.0 Å². The van der Waals surface area contributed by atoms with E-state index < -0.39 is 0 Å². The van der Waals surface area contributed by atoms with Crippen molar-refractivity contribution in [2.24, 2.45) is 0 Å². The van der Waals surface area contributed by atoms with Crippen molar-refractivity contribution in [1.29, 1.82) is 0 Å². The Morgan fingerprint density at radius 3 is 2.14 bits per heavy atom. The minimum Gasteiger partial charge on any atom is -0.456 e. The Morgan fingerprint density at radius 1 is 0.534 bits per heavy atom. The third-order valence-electron chi connectivity index (χ3n) is 11.4. The van der Waals surface area contributed by atoms with Crippen LogP contribution in [0.2, 0.25) is 0 Å². The fraction of sp³-hybridized carbons (Fsp3) is 0.0204. The van der Waals surface area contributed by atoms with E-state index >= 15 is 0 Å². The number of benzene rings is 7. The lowest BCUT2D eigenvalue weighted by Gasteiger charge is -2.22. The first-order valence-corrected chi connectivity index (χ1v) is 19.3. The van der Waals surface area contributed by atoms with Crippen LogP contribution in [0.1, 0.15) is 0 Å².